The Balaban J connectivity index is 2.01. The highest BCUT2D eigenvalue weighted by atomic mass is 16.1. The highest BCUT2D eigenvalue weighted by molar-refractivity contribution is 5.94. The summed E-state index contributed by atoms with van der Waals surface area (Å²) in [5.74, 6) is 2.67. The average Bonchev–Trinajstić information content (AvgIpc) is 2.62. The Morgan fingerprint density at radius 2 is 2.08 bits per heavy atom. The molecule has 0 radical (unpaired) electrons. The zero-order chi connectivity index (χ0) is 9.00. The van der Waals surface area contributed by atoms with Crippen molar-refractivity contribution in [3.8, 4) is 0 Å². The second kappa shape index (κ2) is 2.34. The Morgan fingerprint density at radius 3 is 2.92 bits per heavy atom. The Morgan fingerprint density at radius 1 is 1.31 bits per heavy atom. The van der Waals surface area contributed by atoms with Gasteiger partial charge in [0.05, 0.1) is 0 Å². The van der Waals surface area contributed by atoms with E-state index in [1.165, 1.54) is 12.0 Å². The second-order valence-corrected chi connectivity index (χ2v) is 4.74. The monoisotopic (exact) mass is 174 g/mol. The molecule has 0 spiro atoms. The molecule has 1 heteroatoms. The van der Waals surface area contributed by atoms with Crippen molar-refractivity contribution in [1.29, 1.82) is 0 Å². The van der Waals surface area contributed by atoms with E-state index in [0.29, 0.717) is 29.5 Å². The fourth-order valence-electron chi connectivity index (χ4n) is 3.39. The van der Waals surface area contributed by atoms with Crippen LogP contribution in [-0.2, 0) is 4.79 Å². The van der Waals surface area contributed by atoms with E-state index in [2.05, 4.69) is 19.1 Å². The molecule has 0 aromatic rings. The summed E-state index contributed by atoms with van der Waals surface area (Å²) in [4.78, 5) is 11.8. The molecular formula is C12H14O. The van der Waals surface area contributed by atoms with E-state index in [1.807, 2.05) is 6.08 Å². The zero-order valence-corrected chi connectivity index (χ0v) is 7.86. The molecule has 3 rings (SSSR count). The highest BCUT2D eigenvalue weighted by Crippen LogP contribution is 2.52. The van der Waals surface area contributed by atoms with Gasteiger partial charge in [0.25, 0.3) is 0 Å². The lowest BCUT2D eigenvalue weighted by Gasteiger charge is -2.29. The first kappa shape index (κ1) is 7.54. The molecule has 68 valence electrons. The van der Waals surface area contributed by atoms with Crippen molar-refractivity contribution >= 4 is 5.78 Å². The van der Waals surface area contributed by atoms with Crippen LogP contribution >= 0.6 is 0 Å². The molecule has 3 aliphatic rings. The predicted molar refractivity (Wildman–Crippen MR) is 51.1 cm³/mol. The van der Waals surface area contributed by atoms with Gasteiger partial charge in [0.1, 0.15) is 0 Å². The Kier molecular flexibility index (Phi) is 1.36. The van der Waals surface area contributed by atoms with Gasteiger partial charge in [-0.1, -0.05) is 17.7 Å². The van der Waals surface area contributed by atoms with Crippen molar-refractivity contribution < 1.29 is 4.79 Å². The molecule has 1 saturated carbocycles. The molecule has 0 aromatic carbocycles. The molecule has 0 aliphatic heterocycles. The summed E-state index contributed by atoms with van der Waals surface area (Å²) < 4.78 is 0. The lowest BCUT2D eigenvalue weighted by Crippen LogP contribution is -2.29. The van der Waals surface area contributed by atoms with Gasteiger partial charge in [-0.05, 0) is 43.6 Å². The van der Waals surface area contributed by atoms with Gasteiger partial charge in [0.15, 0.2) is 5.78 Å². The van der Waals surface area contributed by atoms with Crippen LogP contribution in [0, 0.1) is 23.7 Å². The summed E-state index contributed by atoms with van der Waals surface area (Å²) in [5, 5.41) is 0. The smallest absolute Gasteiger partial charge is 0.159 e. The first-order chi connectivity index (χ1) is 6.25. The summed E-state index contributed by atoms with van der Waals surface area (Å²) in [6.45, 7) is 2.09. The molecular weight excluding hydrogens is 160 g/mol. The Labute approximate surface area is 78.5 Å². The van der Waals surface area contributed by atoms with Gasteiger partial charge < -0.3 is 0 Å². The molecule has 1 nitrogen and oxygen atoms in total. The predicted octanol–water partition coefficient (Wildman–Crippen LogP) is 2.34. The van der Waals surface area contributed by atoms with Crippen LogP contribution in [0.4, 0.5) is 0 Å². The maximum absolute atomic E-state index is 11.8. The minimum Gasteiger partial charge on any atom is -0.295 e. The third-order valence-corrected chi connectivity index (χ3v) is 3.90. The van der Waals surface area contributed by atoms with Crippen LogP contribution in [0.3, 0.4) is 0 Å². The first-order valence-corrected chi connectivity index (χ1v) is 5.15. The van der Waals surface area contributed by atoms with E-state index >= 15 is 0 Å². The zero-order valence-electron chi connectivity index (χ0n) is 7.86. The maximum atomic E-state index is 11.8. The maximum Gasteiger partial charge on any atom is 0.159 e. The fourth-order valence-corrected chi connectivity index (χ4v) is 3.39. The van der Waals surface area contributed by atoms with Crippen molar-refractivity contribution in [2.45, 2.75) is 19.8 Å². The van der Waals surface area contributed by atoms with Gasteiger partial charge in [0.2, 0.25) is 0 Å². The molecule has 0 heterocycles. The van der Waals surface area contributed by atoms with E-state index in [4.69, 9.17) is 0 Å². The van der Waals surface area contributed by atoms with Gasteiger partial charge in [-0.25, -0.2) is 0 Å². The van der Waals surface area contributed by atoms with Gasteiger partial charge >= 0.3 is 0 Å². The fraction of sp³-hybridized carbons (Fsp3) is 0.583. The van der Waals surface area contributed by atoms with Crippen molar-refractivity contribution in [3.63, 3.8) is 0 Å². The van der Waals surface area contributed by atoms with Crippen LogP contribution in [-0.4, -0.2) is 5.78 Å². The molecule has 3 aliphatic carbocycles. The number of ketones is 1. The van der Waals surface area contributed by atoms with Crippen molar-refractivity contribution in [2.75, 3.05) is 0 Å². The van der Waals surface area contributed by atoms with Gasteiger partial charge in [-0.3, -0.25) is 4.79 Å². The summed E-state index contributed by atoms with van der Waals surface area (Å²) >= 11 is 0. The number of hydrogen-bond donors (Lipinski definition) is 0. The third kappa shape index (κ3) is 0.903. The highest BCUT2D eigenvalue weighted by Gasteiger charge is 2.48. The molecule has 0 unspecified atom stereocenters. The molecule has 4 atom stereocenters. The summed E-state index contributed by atoms with van der Waals surface area (Å²) in [7, 11) is 0. The number of allylic oxidation sites excluding steroid dienone is 4. The average molecular weight is 174 g/mol. The molecule has 0 N–H and O–H groups in total. The topological polar surface area (TPSA) is 17.1 Å². The first-order valence-electron chi connectivity index (χ1n) is 5.15. The van der Waals surface area contributed by atoms with E-state index < -0.39 is 0 Å². The second-order valence-electron chi connectivity index (χ2n) is 4.74. The number of rotatable bonds is 0. The third-order valence-electron chi connectivity index (χ3n) is 3.90. The quantitative estimate of drug-likeness (QED) is 0.515. The van der Waals surface area contributed by atoms with Crippen molar-refractivity contribution in [1.82, 2.24) is 0 Å². The van der Waals surface area contributed by atoms with E-state index in [9.17, 15) is 4.79 Å². The number of fused-ring (bicyclic) bond motifs is 5. The minimum absolute atomic E-state index is 0.346. The van der Waals surface area contributed by atoms with Crippen LogP contribution in [0.25, 0.3) is 0 Å². The van der Waals surface area contributed by atoms with Gasteiger partial charge in [0, 0.05) is 5.92 Å². The molecule has 0 aromatic heterocycles. The minimum atomic E-state index is 0.346. The molecule has 1 fully saturated rings. The van der Waals surface area contributed by atoms with Crippen LogP contribution in [0.1, 0.15) is 19.8 Å². The number of hydrogen-bond acceptors (Lipinski definition) is 1. The summed E-state index contributed by atoms with van der Waals surface area (Å²) in [5.41, 5.74) is 1.28. The van der Waals surface area contributed by atoms with E-state index in [1.54, 1.807) is 0 Å². The summed E-state index contributed by atoms with van der Waals surface area (Å²) in [6, 6.07) is 0. The van der Waals surface area contributed by atoms with Crippen LogP contribution < -0.4 is 0 Å². The SMILES string of the molecule is CC1=CC(=O)[C@H]2[C@@H](C1)[C@H]1C=C[C@@H]2C1. The van der Waals surface area contributed by atoms with Crippen molar-refractivity contribution in [3.05, 3.63) is 23.8 Å². The van der Waals surface area contributed by atoms with Crippen LogP contribution in [0.2, 0.25) is 0 Å². The molecule has 13 heavy (non-hydrogen) atoms. The van der Waals surface area contributed by atoms with Gasteiger partial charge in [-0.15, -0.1) is 0 Å². The lowest BCUT2D eigenvalue weighted by atomic mass is 9.73. The van der Waals surface area contributed by atoms with Crippen molar-refractivity contribution in [2.24, 2.45) is 23.7 Å². The number of carbonyl (C=O) groups excluding carboxylic acids is 1. The lowest BCUT2D eigenvalue weighted by molar-refractivity contribution is -0.120. The Bertz CT molecular complexity index is 324. The molecule has 0 saturated heterocycles. The largest absolute Gasteiger partial charge is 0.295 e. The molecule has 2 bridgehead atoms. The van der Waals surface area contributed by atoms with Crippen LogP contribution in [0.5, 0.6) is 0 Å². The Hall–Kier alpha value is -0.850. The molecule has 0 amide bonds. The van der Waals surface area contributed by atoms with E-state index in [0.717, 1.165) is 6.42 Å². The number of carbonyl (C=O) groups is 1. The van der Waals surface area contributed by atoms with Gasteiger partial charge in [-0.2, -0.15) is 0 Å². The summed E-state index contributed by atoms with van der Waals surface area (Å²) in [6.07, 6.45) is 8.86. The standard InChI is InChI=1S/C12H14O/c1-7-4-10-8-2-3-9(6-8)12(10)11(13)5-7/h2-3,5,8-10,12H,4,6H2,1H3/t8-,9+,10-,12+/m0/s1. The van der Waals surface area contributed by atoms with Crippen LogP contribution in [0.15, 0.2) is 23.8 Å². The van der Waals surface area contributed by atoms with E-state index in [-0.39, 0.29) is 0 Å². The normalized spacial score (nSPS) is 46.5.